The Morgan fingerprint density at radius 3 is 3.05 bits per heavy atom. The molecule has 0 spiro atoms. The lowest BCUT2D eigenvalue weighted by Crippen LogP contribution is -2.33. The number of hydrogen-bond acceptors (Lipinski definition) is 6. The lowest BCUT2D eigenvalue weighted by Gasteiger charge is -2.09. The van der Waals surface area contributed by atoms with Crippen LogP contribution >= 0.6 is 34.9 Å². The maximum absolute atomic E-state index is 12.2. The molecule has 0 saturated carbocycles. The van der Waals surface area contributed by atoms with Gasteiger partial charge in [-0.25, -0.2) is 0 Å². The van der Waals surface area contributed by atoms with Gasteiger partial charge in [-0.05, 0) is 31.4 Å². The Bertz CT molecular complexity index is 634. The lowest BCUT2D eigenvalue weighted by molar-refractivity contribution is -0.120. The molecule has 116 valence electrons. The van der Waals surface area contributed by atoms with E-state index in [-0.39, 0.29) is 11.2 Å². The van der Waals surface area contributed by atoms with E-state index in [1.54, 1.807) is 34.9 Å². The van der Waals surface area contributed by atoms with Gasteiger partial charge in [0.15, 0.2) is 4.34 Å². The van der Waals surface area contributed by atoms with Crippen molar-refractivity contribution in [1.82, 2.24) is 15.5 Å². The van der Waals surface area contributed by atoms with Crippen molar-refractivity contribution in [3.05, 3.63) is 34.8 Å². The molecule has 0 radical (unpaired) electrons. The zero-order valence-electron chi connectivity index (χ0n) is 12.2. The van der Waals surface area contributed by atoms with Gasteiger partial charge in [0, 0.05) is 17.2 Å². The SMILES string of the molecule is Cc1nnc(SCCCNC(=O)[C@@H]2Cc3ccccc3S2)s1. The number of nitrogens with one attached hydrogen (secondary N) is 1. The first-order valence-corrected chi connectivity index (χ1v) is 9.86. The van der Waals surface area contributed by atoms with Crippen LogP contribution in [0.25, 0.3) is 0 Å². The predicted molar refractivity (Wildman–Crippen MR) is 92.8 cm³/mol. The van der Waals surface area contributed by atoms with Crippen LogP contribution in [-0.4, -0.2) is 33.7 Å². The van der Waals surface area contributed by atoms with E-state index >= 15 is 0 Å². The molecule has 0 bridgehead atoms. The van der Waals surface area contributed by atoms with E-state index in [0.717, 1.165) is 34.5 Å². The zero-order valence-corrected chi connectivity index (χ0v) is 14.7. The van der Waals surface area contributed by atoms with Gasteiger partial charge in [-0.15, -0.1) is 22.0 Å². The maximum atomic E-state index is 12.2. The first-order chi connectivity index (χ1) is 10.7. The van der Waals surface area contributed by atoms with Gasteiger partial charge in [-0.1, -0.05) is 41.3 Å². The van der Waals surface area contributed by atoms with Gasteiger partial charge >= 0.3 is 0 Å². The minimum absolute atomic E-state index is 0.0239. The monoisotopic (exact) mass is 351 g/mol. The third-order valence-electron chi connectivity index (χ3n) is 3.29. The summed E-state index contributed by atoms with van der Waals surface area (Å²) in [6, 6.07) is 8.26. The Morgan fingerprint density at radius 2 is 2.27 bits per heavy atom. The Labute approximate surface area is 142 Å². The fourth-order valence-electron chi connectivity index (χ4n) is 2.22. The smallest absolute Gasteiger partial charge is 0.233 e. The Morgan fingerprint density at radius 1 is 1.41 bits per heavy atom. The number of carbonyl (C=O) groups is 1. The van der Waals surface area contributed by atoms with Gasteiger partial charge < -0.3 is 5.32 Å². The molecule has 1 aromatic heterocycles. The zero-order chi connectivity index (χ0) is 15.4. The van der Waals surface area contributed by atoms with Gasteiger partial charge in [0.25, 0.3) is 0 Å². The van der Waals surface area contributed by atoms with E-state index in [1.165, 1.54) is 10.5 Å². The summed E-state index contributed by atoms with van der Waals surface area (Å²) < 4.78 is 1.01. The van der Waals surface area contributed by atoms with Crippen molar-refractivity contribution in [2.45, 2.75) is 34.3 Å². The summed E-state index contributed by atoms with van der Waals surface area (Å²) in [7, 11) is 0. The highest BCUT2D eigenvalue weighted by Crippen LogP contribution is 2.36. The summed E-state index contributed by atoms with van der Waals surface area (Å²) in [5.41, 5.74) is 1.29. The van der Waals surface area contributed by atoms with Crippen LogP contribution in [0.3, 0.4) is 0 Å². The van der Waals surface area contributed by atoms with Gasteiger partial charge in [-0.3, -0.25) is 4.79 Å². The summed E-state index contributed by atoms with van der Waals surface area (Å²) >= 11 is 4.99. The topological polar surface area (TPSA) is 54.9 Å². The van der Waals surface area contributed by atoms with Crippen molar-refractivity contribution >= 4 is 40.8 Å². The fraction of sp³-hybridized carbons (Fsp3) is 0.400. The Kier molecular flexibility index (Phi) is 5.38. The molecule has 2 aromatic rings. The number of amides is 1. The van der Waals surface area contributed by atoms with Crippen molar-refractivity contribution in [3.63, 3.8) is 0 Å². The number of benzene rings is 1. The number of rotatable bonds is 6. The van der Waals surface area contributed by atoms with Gasteiger partial charge in [0.2, 0.25) is 5.91 Å². The minimum atomic E-state index is 0.0239. The second kappa shape index (κ2) is 7.48. The van der Waals surface area contributed by atoms with E-state index in [9.17, 15) is 4.79 Å². The van der Waals surface area contributed by atoms with Crippen LogP contribution in [0.5, 0.6) is 0 Å². The molecular weight excluding hydrogens is 334 g/mol. The van der Waals surface area contributed by atoms with Crippen LogP contribution in [0.1, 0.15) is 17.0 Å². The van der Waals surface area contributed by atoms with Crippen molar-refractivity contribution in [1.29, 1.82) is 0 Å². The predicted octanol–water partition coefficient (Wildman–Crippen LogP) is 3.16. The highest BCUT2D eigenvalue weighted by atomic mass is 32.2. The fourth-order valence-corrected chi connectivity index (χ4v) is 5.27. The molecule has 1 aliphatic heterocycles. The molecule has 1 aromatic carbocycles. The van der Waals surface area contributed by atoms with Crippen LogP contribution in [0.15, 0.2) is 33.5 Å². The van der Waals surface area contributed by atoms with E-state index in [1.807, 2.05) is 19.1 Å². The third kappa shape index (κ3) is 4.02. The number of thioether (sulfide) groups is 2. The molecule has 1 N–H and O–H groups in total. The van der Waals surface area contributed by atoms with Crippen molar-refractivity contribution in [2.75, 3.05) is 12.3 Å². The first kappa shape index (κ1) is 15.8. The molecule has 1 amide bonds. The molecule has 0 fully saturated rings. The molecule has 7 heteroatoms. The highest BCUT2D eigenvalue weighted by molar-refractivity contribution is 8.01. The molecule has 4 nitrogen and oxygen atoms in total. The first-order valence-electron chi connectivity index (χ1n) is 7.17. The van der Waals surface area contributed by atoms with E-state index in [2.05, 4.69) is 27.6 Å². The number of nitrogens with zero attached hydrogens (tertiary/aromatic N) is 2. The van der Waals surface area contributed by atoms with E-state index in [4.69, 9.17) is 0 Å². The number of aromatic nitrogens is 2. The molecule has 0 aliphatic carbocycles. The summed E-state index contributed by atoms with van der Waals surface area (Å²) in [6.07, 6.45) is 1.78. The molecule has 2 heterocycles. The molecule has 3 rings (SSSR count). The van der Waals surface area contributed by atoms with Crippen molar-refractivity contribution in [3.8, 4) is 0 Å². The Hall–Kier alpha value is -1.05. The molecule has 0 unspecified atom stereocenters. The summed E-state index contributed by atoms with van der Waals surface area (Å²) in [6.45, 7) is 2.68. The third-order valence-corrected chi connectivity index (χ3v) is 6.67. The lowest BCUT2D eigenvalue weighted by atomic mass is 10.1. The number of hydrogen-bond donors (Lipinski definition) is 1. The second-order valence-electron chi connectivity index (χ2n) is 5.00. The van der Waals surface area contributed by atoms with Crippen LogP contribution in [0, 0.1) is 6.92 Å². The maximum Gasteiger partial charge on any atom is 0.233 e. The normalized spacial score (nSPS) is 16.5. The number of fused-ring (bicyclic) bond motifs is 1. The summed E-state index contributed by atoms with van der Waals surface area (Å²) in [5.74, 6) is 1.10. The molecule has 1 aliphatic rings. The van der Waals surface area contributed by atoms with Gasteiger partial charge in [-0.2, -0.15) is 0 Å². The number of aryl methyl sites for hydroxylation is 1. The standard InChI is InChI=1S/C15H17N3OS3/c1-10-17-18-15(21-10)20-8-4-7-16-14(19)13-9-11-5-2-3-6-12(11)22-13/h2-3,5-6,13H,4,7-9H2,1H3,(H,16,19)/t13-/m0/s1. The van der Waals surface area contributed by atoms with Crippen molar-refractivity contribution < 1.29 is 4.79 Å². The van der Waals surface area contributed by atoms with E-state index in [0.29, 0.717) is 0 Å². The largest absolute Gasteiger partial charge is 0.355 e. The average Bonchev–Trinajstić information content (AvgIpc) is 3.12. The highest BCUT2D eigenvalue weighted by Gasteiger charge is 2.27. The van der Waals surface area contributed by atoms with Crippen LogP contribution in [0.2, 0.25) is 0 Å². The quantitative estimate of drug-likeness (QED) is 0.640. The van der Waals surface area contributed by atoms with Gasteiger partial charge in [0.05, 0.1) is 5.25 Å². The van der Waals surface area contributed by atoms with Crippen LogP contribution in [-0.2, 0) is 11.2 Å². The molecule has 22 heavy (non-hydrogen) atoms. The molecule has 1 atom stereocenters. The average molecular weight is 352 g/mol. The molecule has 0 saturated heterocycles. The van der Waals surface area contributed by atoms with Gasteiger partial charge in [0.1, 0.15) is 5.01 Å². The van der Waals surface area contributed by atoms with E-state index < -0.39 is 0 Å². The molecular formula is C15H17N3OS3. The van der Waals surface area contributed by atoms with Crippen molar-refractivity contribution in [2.24, 2.45) is 0 Å². The minimum Gasteiger partial charge on any atom is -0.355 e. The Balaban J connectivity index is 1.35. The second-order valence-corrected chi connectivity index (χ2v) is 8.77. The number of carbonyl (C=O) groups excluding carboxylic acids is 1. The summed E-state index contributed by atoms with van der Waals surface area (Å²) in [5, 5.41) is 12.1. The van der Waals surface area contributed by atoms with Crippen LogP contribution in [0.4, 0.5) is 0 Å². The summed E-state index contributed by atoms with van der Waals surface area (Å²) in [4.78, 5) is 13.4. The van der Waals surface area contributed by atoms with Crippen LogP contribution < -0.4 is 5.32 Å².